The van der Waals surface area contributed by atoms with Crippen LogP contribution in [0.5, 0.6) is 11.5 Å². The molecule has 6 heteroatoms. The highest BCUT2D eigenvalue weighted by Crippen LogP contribution is 2.38. The summed E-state index contributed by atoms with van der Waals surface area (Å²) in [6.45, 7) is 5.00. The summed E-state index contributed by atoms with van der Waals surface area (Å²) in [5.74, 6) is 1.26. The second-order valence-electron chi connectivity index (χ2n) is 5.53. The highest BCUT2D eigenvalue weighted by molar-refractivity contribution is 5.82. The molecule has 0 radical (unpaired) electrons. The molecule has 1 saturated carbocycles. The monoisotopic (exact) mass is 321 g/mol. The summed E-state index contributed by atoms with van der Waals surface area (Å²) in [6.07, 6.45) is 0.858. The molecule has 1 aliphatic rings. The van der Waals surface area contributed by atoms with Crippen molar-refractivity contribution in [3.63, 3.8) is 0 Å². The highest BCUT2D eigenvalue weighted by atomic mass is 16.5. The molecule has 1 amide bonds. The van der Waals surface area contributed by atoms with Gasteiger partial charge in [-0.1, -0.05) is 6.92 Å². The molecule has 0 spiro atoms. The second-order valence-corrected chi connectivity index (χ2v) is 5.53. The van der Waals surface area contributed by atoms with Gasteiger partial charge >= 0.3 is 5.97 Å². The largest absolute Gasteiger partial charge is 0.494 e. The Labute approximate surface area is 136 Å². The maximum atomic E-state index is 11.5. The molecule has 1 aliphatic carbocycles. The molecule has 2 atom stereocenters. The van der Waals surface area contributed by atoms with Gasteiger partial charge in [0.05, 0.1) is 19.1 Å². The molecule has 2 rings (SSSR count). The van der Waals surface area contributed by atoms with E-state index in [2.05, 4.69) is 5.32 Å². The number of rotatable bonds is 9. The Morgan fingerprint density at radius 2 is 1.78 bits per heavy atom. The average molecular weight is 321 g/mol. The first kappa shape index (κ1) is 17.1. The van der Waals surface area contributed by atoms with Crippen molar-refractivity contribution >= 4 is 11.9 Å². The van der Waals surface area contributed by atoms with Crippen molar-refractivity contribution in [2.45, 2.75) is 20.3 Å². The number of nitrogens with one attached hydrogen (secondary N) is 1. The molecular weight excluding hydrogens is 298 g/mol. The van der Waals surface area contributed by atoms with Gasteiger partial charge in [-0.2, -0.15) is 0 Å². The van der Waals surface area contributed by atoms with Crippen molar-refractivity contribution in [3.8, 4) is 11.5 Å². The second kappa shape index (κ2) is 8.41. The summed E-state index contributed by atoms with van der Waals surface area (Å²) >= 11 is 0. The van der Waals surface area contributed by atoms with Crippen molar-refractivity contribution in [1.29, 1.82) is 0 Å². The van der Waals surface area contributed by atoms with Crippen molar-refractivity contribution < 1.29 is 23.8 Å². The third-order valence-corrected chi connectivity index (χ3v) is 3.59. The maximum Gasteiger partial charge on any atom is 0.309 e. The van der Waals surface area contributed by atoms with Crippen LogP contribution in [-0.4, -0.2) is 38.2 Å². The molecule has 1 aromatic carbocycles. The first-order valence-electron chi connectivity index (χ1n) is 7.89. The van der Waals surface area contributed by atoms with Crippen LogP contribution in [0.1, 0.15) is 20.3 Å². The van der Waals surface area contributed by atoms with Gasteiger partial charge in [-0.25, -0.2) is 0 Å². The summed E-state index contributed by atoms with van der Waals surface area (Å²) in [7, 11) is 0. The minimum Gasteiger partial charge on any atom is -0.494 e. The van der Waals surface area contributed by atoms with Gasteiger partial charge in [-0.05, 0) is 43.5 Å². The van der Waals surface area contributed by atoms with Gasteiger partial charge in [0.15, 0.2) is 6.61 Å². The van der Waals surface area contributed by atoms with Crippen LogP contribution >= 0.6 is 0 Å². The van der Waals surface area contributed by atoms with Gasteiger partial charge in [0, 0.05) is 0 Å². The van der Waals surface area contributed by atoms with Crippen LogP contribution < -0.4 is 14.8 Å². The number of benzene rings is 1. The van der Waals surface area contributed by atoms with E-state index >= 15 is 0 Å². The molecule has 0 aromatic heterocycles. The zero-order valence-electron chi connectivity index (χ0n) is 13.5. The van der Waals surface area contributed by atoms with E-state index in [1.807, 2.05) is 38.1 Å². The lowest BCUT2D eigenvalue weighted by molar-refractivity contribution is -0.150. The molecule has 0 unspecified atom stereocenters. The topological polar surface area (TPSA) is 73.9 Å². The standard InChI is InChI=1S/C17H23NO5/c1-3-21-13-4-6-14(7-5-13)22-9-8-18-16(19)11-23-17(20)15-10-12(15)2/h4-7,12,15H,3,8-11H2,1-2H3,(H,18,19)/t12-,15-/m0/s1. The lowest BCUT2D eigenvalue weighted by Crippen LogP contribution is -2.32. The number of hydrogen-bond acceptors (Lipinski definition) is 5. The third kappa shape index (κ3) is 5.81. The third-order valence-electron chi connectivity index (χ3n) is 3.59. The van der Waals surface area contributed by atoms with Crippen LogP contribution in [0.2, 0.25) is 0 Å². The quantitative estimate of drug-likeness (QED) is 0.554. The predicted octanol–water partition coefficient (Wildman–Crippen LogP) is 1.78. The zero-order valence-corrected chi connectivity index (χ0v) is 13.5. The minimum atomic E-state index is -0.318. The summed E-state index contributed by atoms with van der Waals surface area (Å²) < 4.78 is 15.8. The lowest BCUT2D eigenvalue weighted by Gasteiger charge is -2.09. The van der Waals surface area contributed by atoms with Crippen LogP contribution in [0.15, 0.2) is 24.3 Å². The van der Waals surface area contributed by atoms with E-state index in [0.29, 0.717) is 31.4 Å². The molecule has 23 heavy (non-hydrogen) atoms. The number of ether oxygens (including phenoxy) is 3. The van der Waals surface area contributed by atoms with Crippen molar-refractivity contribution in [2.75, 3.05) is 26.4 Å². The summed E-state index contributed by atoms with van der Waals surface area (Å²) in [6, 6.07) is 7.28. The van der Waals surface area contributed by atoms with E-state index < -0.39 is 0 Å². The summed E-state index contributed by atoms with van der Waals surface area (Å²) in [4.78, 5) is 23.0. The normalized spacial score (nSPS) is 18.9. The molecule has 126 valence electrons. The number of amides is 1. The van der Waals surface area contributed by atoms with Gasteiger partial charge < -0.3 is 19.5 Å². The Morgan fingerprint density at radius 1 is 1.17 bits per heavy atom. The maximum absolute atomic E-state index is 11.5. The van der Waals surface area contributed by atoms with E-state index in [4.69, 9.17) is 14.2 Å². The first-order valence-corrected chi connectivity index (χ1v) is 7.89. The van der Waals surface area contributed by atoms with Crippen molar-refractivity contribution in [1.82, 2.24) is 5.32 Å². The smallest absolute Gasteiger partial charge is 0.309 e. The summed E-state index contributed by atoms with van der Waals surface area (Å²) in [5, 5.41) is 2.64. The Morgan fingerprint density at radius 3 is 2.35 bits per heavy atom. The molecule has 0 heterocycles. The Hall–Kier alpha value is -2.24. The fourth-order valence-corrected chi connectivity index (χ4v) is 2.10. The average Bonchev–Trinajstić information content (AvgIpc) is 3.28. The molecule has 0 aliphatic heterocycles. The number of carbonyl (C=O) groups is 2. The van der Waals surface area contributed by atoms with E-state index in [1.54, 1.807) is 0 Å². The van der Waals surface area contributed by atoms with Gasteiger partial charge in [-0.15, -0.1) is 0 Å². The predicted molar refractivity (Wildman–Crippen MR) is 84.3 cm³/mol. The van der Waals surface area contributed by atoms with Crippen LogP contribution in [0.3, 0.4) is 0 Å². The lowest BCUT2D eigenvalue weighted by atomic mass is 10.3. The van der Waals surface area contributed by atoms with Crippen LogP contribution in [0.4, 0.5) is 0 Å². The fraction of sp³-hybridized carbons (Fsp3) is 0.529. The van der Waals surface area contributed by atoms with Crippen LogP contribution in [-0.2, 0) is 14.3 Å². The Balaban J connectivity index is 1.55. The molecule has 0 saturated heterocycles. The molecule has 1 aromatic rings. The molecular formula is C17H23NO5. The van der Waals surface area contributed by atoms with Crippen molar-refractivity contribution in [2.24, 2.45) is 11.8 Å². The Bertz CT molecular complexity index is 528. The summed E-state index contributed by atoms with van der Waals surface area (Å²) in [5.41, 5.74) is 0. The van der Waals surface area contributed by atoms with Crippen molar-refractivity contribution in [3.05, 3.63) is 24.3 Å². The molecule has 6 nitrogen and oxygen atoms in total. The SMILES string of the molecule is CCOc1ccc(OCCNC(=O)COC(=O)[C@H]2C[C@@H]2C)cc1. The van der Waals surface area contributed by atoms with E-state index in [9.17, 15) is 9.59 Å². The Kier molecular flexibility index (Phi) is 6.26. The van der Waals surface area contributed by atoms with Crippen LogP contribution in [0.25, 0.3) is 0 Å². The number of esters is 1. The first-order chi connectivity index (χ1) is 11.1. The molecule has 1 fully saturated rings. The molecule has 0 bridgehead atoms. The van der Waals surface area contributed by atoms with Gasteiger partial charge in [0.25, 0.3) is 5.91 Å². The van der Waals surface area contributed by atoms with E-state index in [-0.39, 0.29) is 24.4 Å². The number of hydrogen-bond donors (Lipinski definition) is 1. The fourth-order valence-electron chi connectivity index (χ4n) is 2.10. The zero-order chi connectivity index (χ0) is 16.7. The number of carbonyl (C=O) groups excluding carboxylic acids is 2. The van der Waals surface area contributed by atoms with E-state index in [0.717, 1.165) is 12.2 Å². The van der Waals surface area contributed by atoms with Gasteiger partial charge in [-0.3, -0.25) is 9.59 Å². The van der Waals surface area contributed by atoms with Crippen LogP contribution in [0, 0.1) is 11.8 Å². The molecule has 1 N–H and O–H groups in total. The van der Waals surface area contributed by atoms with E-state index in [1.165, 1.54) is 0 Å². The highest BCUT2D eigenvalue weighted by Gasteiger charge is 2.40. The van der Waals surface area contributed by atoms with Gasteiger partial charge in [0.1, 0.15) is 18.1 Å². The minimum absolute atomic E-state index is 0.0224. The van der Waals surface area contributed by atoms with Gasteiger partial charge in [0.2, 0.25) is 0 Å².